The Kier molecular flexibility index (Phi) is 8.97. The van der Waals surface area contributed by atoms with Crippen LogP contribution in [-0.4, -0.2) is 56.8 Å². The Morgan fingerprint density at radius 2 is 1.72 bits per heavy atom. The molecule has 1 aliphatic rings. The Hall–Kier alpha value is -2.69. The molecule has 1 N–H and O–H groups in total. The highest BCUT2D eigenvalue weighted by atomic mass is 35.5. The summed E-state index contributed by atoms with van der Waals surface area (Å²) in [6, 6.07) is 8.50. The zero-order valence-electron chi connectivity index (χ0n) is 20.5. The highest BCUT2D eigenvalue weighted by Crippen LogP contribution is 2.36. The number of anilines is 1. The van der Waals surface area contributed by atoms with Gasteiger partial charge in [-0.2, -0.15) is 0 Å². The molecule has 196 valence electrons. The molecular formula is C24H29Cl2N3O6S. The summed E-state index contributed by atoms with van der Waals surface area (Å²) in [5, 5.41) is 3.48. The van der Waals surface area contributed by atoms with Crippen LogP contribution in [0.5, 0.6) is 11.5 Å². The summed E-state index contributed by atoms with van der Waals surface area (Å²) in [5.74, 6) is -0.112. The van der Waals surface area contributed by atoms with Crippen molar-refractivity contribution in [2.75, 3.05) is 23.9 Å². The quantitative estimate of drug-likeness (QED) is 0.476. The molecular weight excluding hydrogens is 529 g/mol. The van der Waals surface area contributed by atoms with Crippen LogP contribution in [-0.2, 0) is 26.2 Å². The van der Waals surface area contributed by atoms with Crippen molar-refractivity contribution >= 4 is 50.7 Å². The second kappa shape index (κ2) is 11.6. The van der Waals surface area contributed by atoms with Crippen LogP contribution in [0.2, 0.25) is 10.0 Å². The van der Waals surface area contributed by atoms with Crippen molar-refractivity contribution in [3.63, 3.8) is 0 Å². The standard InChI is InChI=1S/C24H29Cl2N3O6S/c1-5-20(24(31)27-15(2)3)28(12-17-18(25)7-6-8-19(17)26)23(30)13-29(36(4,32)33)16-9-10-21-22(11-16)35-14-34-21/h6-11,15,20H,5,12-14H2,1-4H3,(H,27,31)/t20-/m0/s1. The van der Waals surface area contributed by atoms with Gasteiger partial charge < -0.3 is 19.7 Å². The summed E-state index contributed by atoms with van der Waals surface area (Å²) in [7, 11) is -3.89. The molecule has 0 saturated carbocycles. The number of fused-ring (bicyclic) bond motifs is 1. The first-order chi connectivity index (χ1) is 16.9. The number of nitrogens with zero attached hydrogens (tertiary/aromatic N) is 2. The minimum Gasteiger partial charge on any atom is -0.454 e. The van der Waals surface area contributed by atoms with Crippen molar-refractivity contribution in [2.45, 2.75) is 45.8 Å². The molecule has 0 radical (unpaired) electrons. The van der Waals surface area contributed by atoms with Gasteiger partial charge in [0, 0.05) is 34.3 Å². The van der Waals surface area contributed by atoms with Gasteiger partial charge in [0.15, 0.2) is 11.5 Å². The Labute approximate surface area is 221 Å². The van der Waals surface area contributed by atoms with Gasteiger partial charge in [-0.15, -0.1) is 0 Å². The third kappa shape index (κ3) is 6.54. The minimum atomic E-state index is -3.89. The first-order valence-corrected chi connectivity index (χ1v) is 13.9. The number of halogens is 2. The average Bonchev–Trinajstić information content (AvgIpc) is 3.25. The lowest BCUT2D eigenvalue weighted by atomic mass is 10.1. The number of hydrogen-bond donors (Lipinski definition) is 1. The van der Waals surface area contributed by atoms with Gasteiger partial charge in [0.2, 0.25) is 28.6 Å². The van der Waals surface area contributed by atoms with Crippen molar-refractivity contribution in [2.24, 2.45) is 0 Å². The summed E-state index contributed by atoms with van der Waals surface area (Å²) in [5.41, 5.74) is 0.685. The molecule has 0 unspecified atom stereocenters. The topological polar surface area (TPSA) is 105 Å². The maximum atomic E-state index is 13.7. The zero-order chi connectivity index (χ0) is 26.6. The molecule has 0 saturated heterocycles. The molecule has 1 atom stereocenters. The lowest BCUT2D eigenvalue weighted by molar-refractivity contribution is -0.140. The summed E-state index contributed by atoms with van der Waals surface area (Å²) >= 11 is 12.7. The first kappa shape index (κ1) is 27.9. The van der Waals surface area contributed by atoms with Crippen LogP contribution < -0.4 is 19.1 Å². The summed E-state index contributed by atoms with van der Waals surface area (Å²) in [6.45, 7) is 4.78. The normalized spacial score (nSPS) is 13.4. The van der Waals surface area contributed by atoms with E-state index < -0.39 is 28.5 Å². The van der Waals surface area contributed by atoms with Crippen molar-refractivity contribution < 1.29 is 27.5 Å². The van der Waals surface area contributed by atoms with Crippen LogP contribution in [0, 0.1) is 0 Å². The van der Waals surface area contributed by atoms with E-state index in [0.29, 0.717) is 27.1 Å². The number of carbonyl (C=O) groups excluding carboxylic acids is 2. The van der Waals surface area contributed by atoms with E-state index in [1.54, 1.807) is 31.2 Å². The van der Waals surface area contributed by atoms with Gasteiger partial charge in [0.1, 0.15) is 12.6 Å². The van der Waals surface area contributed by atoms with Crippen molar-refractivity contribution in [3.8, 4) is 11.5 Å². The zero-order valence-corrected chi connectivity index (χ0v) is 22.8. The second-order valence-corrected chi connectivity index (χ2v) is 11.3. The molecule has 2 aromatic rings. The van der Waals surface area contributed by atoms with E-state index in [2.05, 4.69) is 5.32 Å². The van der Waals surface area contributed by atoms with E-state index in [1.807, 2.05) is 13.8 Å². The average molecular weight is 558 g/mol. The number of amides is 2. The summed E-state index contributed by atoms with van der Waals surface area (Å²) in [4.78, 5) is 28.1. The van der Waals surface area contributed by atoms with Crippen molar-refractivity contribution in [1.29, 1.82) is 0 Å². The number of carbonyl (C=O) groups is 2. The highest BCUT2D eigenvalue weighted by Gasteiger charge is 2.33. The third-order valence-corrected chi connectivity index (χ3v) is 7.38. The Balaban J connectivity index is 1.99. The van der Waals surface area contributed by atoms with E-state index in [0.717, 1.165) is 10.6 Å². The smallest absolute Gasteiger partial charge is 0.244 e. The molecule has 0 fully saturated rings. The molecule has 2 amide bonds. The molecule has 12 heteroatoms. The molecule has 0 bridgehead atoms. The lowest BCUT2D eigenvalue weighted by Gasteiger charge is -2.33. The predicted molar refractivity (Wildman–Crippen MR) is 139 cm³/mol. The van der Waals surface area contributed by atoms with Gasteiger partial charge in [-0.05, 0) is 44.5 Å². The monoisotopic (exact) mass is 557 g/mol. The lowest BCUT2D eigenvalue weighted by Crippen LogP contribution is -2.53. The molecule has 0 aromatic heterocycles. The summed E-state index contributed by atoms with van der Waals surface area (Å²) < 4.78 is 37.1. The maximum absolute atomic E-state index is 13.7. The fourth-order valence-electron chi connectivity index (χ4n) is 3.81. The number of benzene rings is 2. The van der Waals surface area contributed by atoms with E-state index in [-0.39, 0.29) is 37.4 Å². The largest absolute Gasteiger partial charge is 0.454 e. The third-order valence-electron chi connectivity index (χ3n) is 5.53. The van der Waals surface area contributed by atoms with E-state index in [4.69, 9.17) is 32.7 Å². The van der Waals surface area contributed by atoms with Crippen LogP contribution in [0.1, 0.15) is 32.8 Å². The number of nitrogens with one attached hydrogen (secondary N) is 1. The number of rotatable bonds is 10. The van der Waals surface area contributed by atoms with Gasteiger partial charge in [-0.25, -0.2) is 8.42 Å². The predicted octanol–water partition coefficient (Wildman–Crippen LogP) is 3.82. The molecule has 3 rings (SSSR count). The SMILES string of the molecule is CC[C@@H](C(=O)NC(C)C)N(Cc1c(Cl)cccc1Cl)C(=O)CN(c1ccc2c(c1)OCO2)S(C)(=O)=O. The highest BCUT2D eigenvalue weighted by molar-refractivity contribution is 7.92. The van der Waals surface area contributed by atoms with Crippen LogP contribution in [0.4, 0.5) is 5.69 Å². The van der Waals surface area contributed by atoms with Crippen LogP contribution >= 0.6 is 23.2 Å². The van der Waals surface area contributed by atoms with E-state index in [1.165, 1.54) is 17.0 Å². The number of ether oxygens (including phenoxy) is 2. The molecule has 9 nitrogen and oxygen atoms in total. The molecule has 1 heterocycles. The number of hydrogen-bond acceptors (Lipinski definition) is 6. The fourth-order valence-corrected chi connectivity index (χ4v) is 5.17. The Morgan fingerprint density at radius 1 is 1.08 bits per heavy atom. The summed E-state index contributed by atoms with van der Waals surface area (Å²) in [6.07, 6.45) is 1.29. The van der Waals surface area contributed by atoms with Crippen LogP contribution in [0.25, 0.3) is 0 Å². The molecule has 0 aliphatic carbocycles. The molecule has 2 aromatic carbocycles. The van der Waals surface area contributed by atoms with Gasteiger partial charge >= 0.3 is 0 Å². The number of sulfonamides is 1. The molecule has 0 spiro atoms. The maximum Gasteiger partial charge on any atom is 0.244 e. The van der Waals surface area contributed by atoms with Gasteiger partial charge in [0.25, 0.3) is 0 Å². The minimum absolute atomic E-state index is 0.0199. The van der Waals surface area contributed by atoms with Crippen LogP contribution in [0.3, 0.4) is 0 Å². The Bertz CT molecular complexity index is 1220. The van der Waals surface area contributed by atoms with Crippen LogP contribution in [0.15, 0.2) is 36.4 Å². The van der Waals surface area contributed by atoms with E-state index >= 15 is 0 Å². The molecule has 1 aliphatic heterocycles. The molecule has 36 heavy (non-hydrogen) atoms. The van der Waals surface area contributed by atoms with E-state index in [9.17, 15) is 18.0 Å². The first-order valence-electron chi connectivity index (χ1n) is 11.3. The van der Waals surface area contributed by atoms with Gasteiger partial charge in [-0.1, -0.05) is 36.2 Å². The second-order valence-electron chi connectivity index (χ2n) is 8.62. The van der Waals surface area contributed by atoms with Gasteiger partial charge in [-0.3, -0.25) is 13.9 Å². The van der Waals surface area contributed by atoms with Gasteiger partial charge in [0.05, 0.1) is 11.9 Å². The van der Waals surface area contributed by atoms with Crippen molar-refractivity contribution in [3.05, 3.63) is 52.0 Å². The Morgan fingerprint density at radius 3 is 2.31 bits per heavy atom. The fraction of sp³-hybridized carbons (Fsp3) is 0.417. The van der Waals surface area contributed by atoms with Crippen molar-refractivity contribution in [1.82, 2.24) is 10.2 Å².